The molecule has 2 aromatic rings. The lowest BCUT2D eigenvalue weighted by molar-refractivity contribution is 0.399. The van der Waals surface area contributed by atoms with Crippen molar-refractivity contribution in [3.63, 3.8) is 0 Å². The van der Waals surface area contributed by atoms with Gasteiger partial charge in [0, 0.05) is 17.4 Å². The number of hydrogen-bond donors (Lipinski definition) is 1. The van der Waals surface area contributed by atoms with Crippen LogP contribution in [0.1, 0.15) is 12.8 Å². The number of thioether (sulfide) groups is 1. The minimum absolute atomic E-state index is 0.359. The average molecular weight is 281 g/mol. The first kappa shape index (κ1) is 12.0. The first-order chi connectivity index (χ1) is 8.67. The topological polar surface area (TPSA) is 42.8 Å². The molecule has 0 radical (unpaired) electrons. The number of methoxy groups -OCH3 is 1. The van der Waals surface area contributed by atoms with Crippen molar-refractivity contribution in [3.8, 4) is 5.88 Å². The zero-order chi connectivity index (χ0) is 12.8. The Morgan fingerprint density at radius 1 is 1.56 bits per heavy atom. The highest BCUT2D eigenvalue weighted by Gasteiger charge is 2.42. The molecule has 6 heteroatoms. The van der Waals surface area contributed by atoms with Gasteiger partial charge in [-0.15, -0.1) is 0 Å². The molecular formula is C12H15N3OS2. The molecule has 1 aliphatic rings. The molecule has 18 heavy (non-hydrogen) atoms. The van der Waals surface area contributed by atoms with Crippen LogP contribution in [-0.4, -0.2) is 32.6 Å². The molecule has 0 spiro atoms. The maximum atomic E-state index is 5.39. The van der Waals surface area contributed by atoms with Crippen LogP contribution in [-0.2, 0) is 6.54 Å². The summed E-state index contributed by atoms with van der Waals surface area (Å²) < 4.78 is 8.38. The largest absolute Gasteiger partial charge is 0.481 e. The summed E-state index contributed by atoms with van der Waals surface area (Å²) in [7, 11) is 1.63. The van der Waals surface area contributed by atoms with Gasteiger partial charge < -0.3 is 9.72 Å². The fourth-order valence-corrected chi connectivity index (χ4v) is 3.16. The van der Waals surface area contributed by atoms with E-state index in [1.807, 2.05) is 23.9 Å². The Bertz CT molecular complexity index is 642. The summed E-state index contributed by atoms with van der Waals surface area (Å²) in [6.45, 7) is 0.924. The molecule has 0 aromatic carbocycles. The number of pyridine rings is 1. The van der Waals surface area contributed by atoms with Gasteiger partial charge in [0.15, 0.2) is 10.4 Å². The molecule has 1 N–H and O–H groups in total. The molecule has 1 saturated carbocycles. The van der Waals surface area contributed by atoms with Crippen LogP contribution >= 0.6 is 24.0 Å². The first-order valence-electron chi connectivity index (χ1n) is 5.86. The smallest absolute Gasteiger partial charge is 0.215 e. The minimum atomic E-state index is 0.359. The highest BCUT2D eigenvalue weighted by Crippen LogP contribution is 2.48. The highest BCUT2D eigenvalue weighted by atomic mass is 32.2. The predicted octanol–water partition coefficient (Wildman–Crippen LogP) is 3.00. The molecule has 0 amide bonds. The quantitative estimate of drug-likeness (QED) is 0.875. The summed E-state index contributed by atoms with van der Waals surface area (Å²) >= 11 is 7.32. The van der Waals surface area contributed by atoms with Gasteiger partial charge in [-0.05, 0) is 37.4 Å². The van der Waals surface area contributed by atoms with Crippen molar-refractivity contribution in [2.24, 2.45) is 0 Å². The highest BCUT2D eigenvalue weighted by molar-refractivity contribution is 8.00. The Hall–Kier alpha value is -1.01. The van der Waals surface area contributed by atoms with Crippen LogP contribution in [0.25, 0.3) is 11.2 Å². The number of rotatable bonds is 4. The SMILES string of the molecule is COc1ccc2[nH]c(=S)n(CC3(SC)CC3)c2n1. The van der Waals surface area contributed by atoms with E-state index in [0.29, 0.717) is 10.6 Å². The van der Waals surface area contributed by atoms with Crippen molar-refractivity contribution in [2.45, 2.75) is 24.1 Å². The number of nitrogens with one attached hydrogen (secondary N) is 1. The second-order valence-corrected chi connectivity index (χ2v) is 6.29. The van der Waals surface area contributed by atoms with Crippen molar-refractivity contribution < 1.29 is 4.74 Å². The number of aromatic nitrogens is 3. The lowest BCUT2D eigenvalue weighted by Crippen LogP contribution is -2.14. The molecule has 2 aromatic heterocycles. The Morgan fingerprint density at radius 3 is 2.94 bits per heavy atom. The molecule has 0 unspecified atom stereocenters. The number of nitrogens with zero attached hydrogens (tertiary/aromatic N) is 2. The van der Waals surface area contributed by atoms with E-state index in [0.717, 1.165) is 22.5 Å². The second-order valence-electron chi connectivity index (χ2n) is 4.63. The maximum Gasteiger partial charge on any atom is 0.215 e. The third kappa shape index (κ3) is 1.93. The monoisotopic (exact) mass is 281 g/mol. The van der Waals surface area contributed by atoms with Gasteiger partial charge in [0.1, 0.15) is 0 Å². The van der Waals surface area contributed by atoms with E-state index in [2.05, 4.69) is 20.8 Å². The number of aromatic amines is 1. The van der Waals surface area contributed by atoms with Crippen molar-refractivity contribution in [2.75, 3.05) is 13.4 Å². The molecule has 1 aliphatic carbocycles. The molecule has 1 fully saturated rings. The van der Waals surface area contributed by atoms with Gasteiger partial charge in [-0.3, -0.25) is 4.57 Å². The lowest BCUT2D eigenvalue weighted by atomic mass is 10.4. The third-order valence-electron chi connectivity index (χ3n) is 3.49. The summed E-state index contributed by atoms with van der Waals surface area (Å²) in [5, 5.41) is 0. The summed E-state index contributed by atoms with van der Waals surface area (Å²) in [4.78, 5) is 7.70. The minimum Gasteiger partial charge on any atom is -0.481 e. The summed E-state index contributed by atoms with van der Waals surface area (Å²) in [6.07, 6.45) is 4.68. The molecule has 0 aliphatic heterocycles. The van der Waals surface area contributed by atoms with E-state index in [1.165, 1.54) is 12.8 Å². The number of fused-ring (bicyclic) bond motifs is 1. The van der Waals surface area contributed by atoms with Crippen LogP contribution in [0.2, 0.25) is 0 Å². The van der Waals surface area contributed by atoms with Gasteiger partial charge >= 0.3 is 0 Å². The van der Waals surface area contributed by atoms with Gasteiger partial charge in [0.2, 0.25) is 5.88 Å². The van der Waals surface area contributed by atoms with E-state index >= 15 is 0 Å². The van der Waals surface area contributed by atoms with E-state index in [4.69, 9.17) is 17.0 Å². The zero-order valence-corrected chi connectivity index (χ0v) is 12.0. The molecule has 96 valence electrons. The predicted molar refractivity (Wildman–Crippen MR) is 76.9 cm³/mol. The molecule has 3 rings (SSSR count). The van der Waals surface area contributed by atoms with Crippen LogP contribution in [0.4, 0.5) is 0 Å². The number of ether oxygens (including phenoxy) is 1. The van der Waals surface area contributed by atoms with Gasteiger partial charge in [0.25, 0.3) is 0 Å². The van der Waals surface area contributed by atoms with Gasteiger partial charge in [-0.1, -0.05) is 0 Å². The second kappa shape index (κ2) is 4.28. The van der Waals surface area contributed by atoms with Crippen LogP contribution < -0.4 is 4.74 Å². The molecule has 2 heterocycles. The number of H-pyrrole nitrogens is 1. The van der Waals surface area contributed by atoms with Crippen molar-refractivity contribution in [1.82, 2.24) is 14.5 Å². The van der Waals surface area contributed by atoms with Gasteiger partial charge in [0.05, 0.1) is 12.6 Å². The number of imidazole rings is 1. The third-order valence-corrected chi connectivity index (χ3v) is 5.21. The summed E-state index contributed by atoms with van der Waals surface area (Å²) in [6, 6.07) is 3.81. The van der Waals surface area contributed by atoms with Crippen LogP contribution in [0.15, 0.2) is 12.1 Å². The Morgan fingerprint density at radius 2 is 2.33 bits per heavy atom. The Balaban J connectivity index is 2.09. The van der Waals surface area contributed by atoms with Gasteiger partial charge in [-0.2, -0.15) is 16.7 Å². The zero-order valence-electron chi connectivity index (χ0n) is 10.4. The molecule has 4 nitrogen and oxygen atoms in total. The van der Waals surface area contributed by atoms with Crippen LogP contribution in [0.3, 0.4) is 0 Å². The Kier molecular flexibility index (Phi) is 2.86. The molecule has 0 atom stereocenters. The fraction of sp³-hybridized carbons (Fsp3) is 0.500. The lowest BCUT2D eigenvalue weighted by Gasteiger charge is -2.13. The van der Waals surface area contributed by atoms with Crippen LogP contribution in [0, 0.1) is 4.77 Å². The van der Waals surface area contributed by atoms with Crippen molar-refractivity contribution in [3.05, 3.63) is 16.9 Å². The van der Waals surface area contributed by atoms with Gasteiger partial charge in [-0.25, -0.2) is 0 Å². The molecule has 0 bridgehead atoms. The Labute approximate surface area is 115 Å². The first-order valence-corrected chi connectivity index (χ1v) is 7.49. The standard InChI is InChI=1S/C12H15N3OS2/c1-16-9-4-3-8-10(14-9)15(11(17)13-8)7-12(18-2)5-6-12/h3-4H,5-7H2,1-2H3,(H,13,17). The summed E-state index contributed by atoms with van der Waals surface area (Å²) in [5.41, 5.74) is 1.86. The summed E-state index contributed by atoms with van der Waals surface area (Å²) in [5.74, 6) is 0.624. The van der Waals surface area contributed by atoms with Crippen LogP contribution in [0.5, 0.6) is 5.88 Å². The normalized spacial score (nSPS) is 17.0. The van der Waals surface area contributed by atoms with E-state index < -0.39 is 0 Å². The maximum absolute atomic E-state index is 5.39. The average Bonchev–Trinajstić information content (AvgIpc) is 3.10. The van der Waals surface area contributed by atoms with Crippen molar-refractivity contribution >= 4 is 35.1 Å². The van der Waals surface area contributed by atoms with E-state index in [1.54, 1.807) is 7.11 Å². The molecular weight excluding hydrogens is 266 g/mol. The fourth-order valence-electron chi connectivity index (χ4n) is 2.13. The van der Waals surface area contributed by atoms with E-state index in [9.17, 15) is 0 Å². The number of hydrogen-bond acceptors (Lipinski definition) is 4. The molecule has 0 saturated heterocycles. The van der Waals surface area contributed by atoms with E-state index in [-0.39, 0.29) is 0 Å². The van der Waals surface area contributed by atoms with Crippen molar-refractivity contribution in [1.29, 1.82) is 0 Å².